The van der Waals surface area contributed by atoms with E-state index in [1.54, 1.807) is 25.3 Å². The van der Waals surface area contributed by atoms with Crippen LogP contribution in [-0.2, 0) is 9.59 Å². The Labute approximate surface area is 188 Å². The third-order valence-electron chi connectivity index (χ3n) is 4.88. The van der Waals surface area contributed by atoms with Crippen molar-refractivity contribution < 1.29 is 14.3 Å². The van der Waals surface area contributed by atoms with Gasteiger partial charge in [-0.3, -0.25) is 14.6 Å². The highest BCUT2D eigenvalue weighted by atomic mass is 79.9. The summed E-state index contributed by atoms with van der Waals surface area (Å²) in [5, 5.41) is 2.84. The van der Waals surface area contributed by atoms with E-state index >= 15 is 0 Å². The molecule has 0 fully saturated rings. The summed E-state index contributed by atoms with van der Waals surface area (Å²) in [5.41, 5.74) is 3.40. The fourth-order valence-electron chi connectivity index (χ4n) is 3.38. The lowest BCUT2D eigenvalue weighted by molar-refractivity contribution is -0.120. The molecule has 7 heteroatoms. The number of benzene rings is 3. The van der Waals surface area contributed by atoms with Crippen molar-refractivity contribution in [3.63, 3.8) is 0 Å². The van der Waals surface area contributed by atoms with Crippen LogP contribution >= 0.6 is 15.9 Å². The van der Waals surface area contributed by atoms with Gasteiger partial charge in [-0.1, -0.05) is 34.1 Å². The summed E-state index contributed by atoms with van der Waals surface area (Å²) >= 11 is 3.39. The first-order valence-electron chi connectivity index (χ1n) is 9.70. The molecule has 2 amide bonds. The van der Waals surface area contributed by atoms with Crippen molar-refractivity contribution in [1.29, 1.82) is 0 Å². The number of rotatable bonds is 5. The zero-order valence-corrected chi connectivity index (χ0v) is 18.4. The van der Waals surface area contributed by atoms with Gasteiger partial charge in [0, 0.05) is 10.2 Å². The van der Waals surface area contributed by atoms with E-state index in [2.05, 4.69) is 21.2 Å². The van der Waals surface area contributed by atoms with Crippen LogP contribution in [0.1, 0.15) is 12.0 Å². The number of hydrogen-bond acceptors (Lipinski definition) is 4. The minimum absolute atomic E-state index is 0.0885. The van der Waals surface area contributed by atoms with Crippen molar-refractivity contribution in [1.82, 2.24) is 0 Å². The number of halogens is 1. The van der Waals surface area contributed by atoms with E-state index in [0.29, 0.717) is 22.8 Å². The maximum atomic E-state index is 13.2. The first kappa shape index (κ1) is 20.8. The van der Waals surface area contributed by atoms with Crippen LogP contribution in [0.4, 0.5) is 17.1 Å². The molecule has 4 rings (SSSR count). The quantitative estimate of drug-likeness (QED) is 0.564. The van der Waals surface area contributed by atoms with Gasteiger partial charge in [0.05, 0.1) is 30.6 Å². The van der Waals surface area contributed by atoms with Gasteiger partial charge in [-0.15, -0.1) is 0 Å². The normalized spacial score (nSPS) is 13.2. The molecule has 1 N–H and O–H groups in total. The number of para-hydroxylation sites is 2. The summed E-state index contributed by atoms with van der Waals surface area (Å²) in [6.07, 6.45) is 0.0885. The first-order chi connectivity index (χ1) is 15.0. The third kappa shape index (κ3) is 4.83. The number of nitrogens with one attached hydrogen (secondary N) is 1. The number of amides is 2. The molecule has 0 spiro atoms. The van der Waals surface area contributed by atoms with Gasteiger partial charge < -0.3 is 15.0 Å². The average Bonchev–Trinajstić information content (AvgIpc) is 2.90. The number of aliphatic imine (C=N–C) groups is 1. The van der Waals surface area contributed by atoms with E-state index < -0.39 is 0 Å². The number of carbonyl (C=O) groups is 2. The predicted octanol–water partition coefficient (Wildman–Crippen LogP) is 4.95. The SMILES string of the molecule is COc1ccc(C2=Nc3ccccc3N(CC(=O)Nc3cccc(Br)c3)C(=O)C2)cc1. The van der Waals surface area contributed by atoms with Gasteiger partial charge in [-0.25, -0.2) is 0 Å². The van der Waals surface area contributed by atoms with Crippen LogP contribution in [0.15, 0.2) is 82.3 Å². The third-order valence-corrected chi connectivity index (χ3v) is 5.37. The molecule has 156 valence electrons. The Hall–Kier alpha value is -3.45. The largest absolute Gasteiger partial charge is 0.497 e. The van der Waals surface area contributed by atoms with Crippen LogP contribution in [0.25, 0.3) is 0 Å². The molecule has 1 aliphatic rings. The Morgan fingerprint density at radius 1 is 1.10 bits per heavy atom. The summed E-state index contributed by atoms with van der Waals surface area (Å²) in [5.74, 6) is 0.258. The molecular formula is C24H20BrN3O3. The minimum atomic E-state index is -0.283. The van der Waals surface area contributed by atoms with Crippen molar-refractivity contribution in [3.8, 4) is 5.75 Å². The Morgan fingerprint density at radius 2 is 1.87 bits per heavy atom. The van der Waals surface area contributed by atoms with Gasteiger partial charge in [0.1, 0.15) is 12.3 Å². The highest BCUT2D eigenvalue weighted by Gasteiger charge is 2.26. The molecule has 1 aliphatic heterocycles. The van der Waals surface area contributed by atoms with Crippen molar-refractivity contribution in [2.75, 3.05) is 23.9 Å². The van der Waals surface area contributed by atoms with E-state index in [4.69, 9.17) is 9.73 Å². The van der Waals surface area contributed by atoms with Gasteiger partial charge in [0.15, 0.2) is 0 Å². The summed E-state index contributed by atoms with van der Waals surface area (Å²) in [4.78, 5) is 32.1. The molecular weight excluding hydrogens is 458 g/mol. The molecule has 0 bridgehead atoms. The maximum absolute atomic E-state index is 13.2. The first-order valence-corrected chi connectivity index (χ1v) is 10.5. The maximum Gasteiger partial charge on any atom is 0.244 e. The zero-order valence-electron chi connectivity index (χ0n) is 16.8. The molecule has 0 aromatic heterocycles. The lowest BCUT2D eigenvalue weighted by Crippen LogP contribution is -2.38. The highest BCUT2D eigenvalue weighted by molar-refractivity contribution is 9.10. The molecule has 0 aliphatic carbocycles. The van der Waals surface area contributed by atoms with Crippen LogP contribution < -0.4 is 15.0 Å². The van der Waals surface area contributed by atoms with E-state index in [0.717, 1.165) is 15.8 Å². The second-order valence-electron chi connectivity index (χ2n) is 6.99. The average molecular weight is 478 g/mol. The minimum Gasteiger partial charge on any atom is -0.497 e. The van der Waals surface area contributed by atoms with Gasteiger partial charge in [0.2, 0.25) is 11.8 Å². The summed E-state index contributed by atoms with van der Waals surface area (Å²) in [7, 11) is 1.61. The summed E-state index contributed by atoms with van der Waals surface area (Å²) in [6.45, 7) is -0.103. The molecule has 3 aromatic rings. The van der Waals surface area contributed by atoms with Gasteiger partial charge >= 0.3 is 0 Å². The molecule has 0 unspecified atom stereocenters. The van der Waals surface area contributed by atoms with E-state index in [9.17, 15) is 9.59 Å². The molecule has 6 nitrogen and oxygen atoms in total. The molecule has 0 saturated heterocycles. The van der Waals surface area contributed by atoms with Crippen LogP contribution in [0.5, 0.6) is 5.75 Å². The second-order valence-corrected chi connectivity index (χ2v) is 7.91. The molecule has 0 radical (unpaired) electrons. The number of anilines is 2. The number of fused-ring (bicyclic) bond motifs is 1. The lowest BCUT2D eigenvalue weighted by Gasteiger charge is -2.22. The Kier molecular flexibility index (Phi) is 6.13. The van der Waals surface area contributed by atoms with Gasteiger partial charge in [-0.05, 0) is 60.2 Å². The Balaban J connectivity index is 1.60. The molecule has 31 heavy (non-hydrogen) atoms. The second kappa shape index (κ2) is 9.14. The van der Waals surface area contributed by atoms with E-state index in [-0.39, 0.29) is 24.8 Å². The lowest BCUT2D eigenvalue weighted by atomic mass is 10.1. The van der Waals surface area contributed by atoms with Gasteiger partial charge in [0.25, 0.3) is 0 Å². The van der Waals surface area contributed by atoms with Crippen molar-refractivity contribution >= 4 is 50.5 Å². The molecule has 0 atom stereocenters. The Bertz CT molecular complexity index is 1160. The van der Waals surface area contributed by atoms with Gasteiger partial charge in [-0.2, -0.15) is 0 Å². The van der Waals surface area contributed by atoms with Crippen molar-refractivity contribution in [2.45, 2.75) is 6.42 Å². The number of methoxy groups -OCH3 is 1. The summed E-state index contributed by atoms with van der Waals surface area (Å²) in [6, 6.07) is 22.1. The number of carbonyl (C=O) groups excluding carboxylic acids is 2. The smallest absolute Gasteiger partial charge is 0.244 e. The fourth-order valence-corrected chi connectivity index (χ4v) is 3.78. The zero-order chi connectivity index (χ0) is 21.8. The number of hydrogen-bond donors (Lipinski definition) is 1. The van der Waals surface area contributed by atoms with E-state index in [1.807, 2.05) is 54.6 Å². The van der Waals surface area contributed by atoms with E-state index in [1.165, 1.54) is 4.90 Å². The standard InChI is InChI=1S/C24H20BrN3O3/c1-31-19-11-9-16(10-12-19)21-14-24(30)28(22-8-3-2-7-20(22)27-21)15-23(29)26-18-6-4-5-17(25)13-18/h2-13H,14-15H2,1H3,(H,26,29). The monoisotopic (exact) mass is 477 g/mol. The summed E-state index contributed by atoms with van der Waals surface area (Å²) < 4.78 is 6.07. The fraction of sp³-hybridized carbons (Fsp3) is 0.125. The predicted molar refractivity (Wildman–Crippen MR) is 125 cm³/mol. The van der Waals surface area contributed by atoms with Crippen LogP contribution in [-0.4, -0.2) is 31.2 Å². The van der Waals surface area contributed by atoms with Crippen molar-refractivity contribution in [2.24, 2.45) is 4.99 Å². The topological polar surface area (TPSA) is 71.0 Å². The van der Waals surface area contributed by atoms with Crippen LogP contribution in [0, 0.1) is 0 Å². The number of ether oxygens (including phenoxy) is 1. The van der Waals surface area contributed by atoms with Crippen molar-refractivity contribution in [3.05, 3.63) is 82.8 Å². The molecule has 1 heterocycles. The number of nitrogens with zero attached hydrogens (tertiary/aromatic N) is 2. The highest BCUT2D eigenvalue weighted by Crippen LogP contribution is 2.33. The van der Waals surface area contributed by atoms with Crippen LogP contribution in [0.2, 0.25) is 0 Å². The van der Waals surface area contributed by atoms with Crippen LogP contribution in [0.3, 0.4) is 0 Å². The molecule has 3 aromatic carbocycles. The Morgan fingerprint density at radius 3 is 2.61 bits per heavy atom. The molecule has 0 saturated carbocycles.